The van der Waals surface area contributed by atoms with Gasteiger partial charge in [-0.25, -0.2) is 9.97 Å². The van der Waals surface area contributed by atoms with E-state index in [0.717, 1.165) is 29.7 Å². The van der Waals surface area contributed by atoms with Crippen LogP contribution in [0.2, 0.25) is 0 Å². The molecule has 2 aliphatic rings. The Morgan fingerprint density at radius 1 is 1.30 bits per heavy atom. The van der Waals surface area contributed by atoms with Gasteiger partial charge in [-0.05, 0) is 32.6 Å². The Kier molecular flexibility index (Phi) is 4.22. The van der Waals surface area contributed by atoms with E-state index < -0.39 is 0 Å². The molecule has 0 spiro atoms. The molecule has 1 fully saturated rings. The molecule has 5 nitrogen and oxygen atoms in total. The van der Waals surface area contributed by atoms with Gasteiger partial charge in [0.1, 0.15) is 5.82 Å². The van der Waals surface area contributed by atoms with Gasteiger partial charge in [-0.15, -0.1) is 11.3 Å². The molecule has 0 radical (unpaired) electrons. The first-order chi connectivity index (χ1) is 11.2. The Bertz CT molecular complexity index is 676. The zero-order valence-corrected chi connectivity index (χ0v) is 14.7. The molecule has 6 heteroatoms. The van der Waals surface area contributed by atoms with E-state index in [1.165, 1.54) is 30.9 Å². The summed E-state index contributed by atoms with van der Waals surface area (Å²) in [6.07, 6.45) is 4.80. The van der Waals surface area contributed by atoms with Crippen LogP contribution in [-0.2, 0) is 24.5 Å². The minimum Gasteiger partial charge on any atom is -0.369 e. The van der Waals surface area contributed by atoms with Crippen LogP contribution in [0.15, 0.2) is 11.6 Å². The monoisotopic (exact) mass is 332 g/mol. The molecule has 2 aromatic rings. The highest BCUT2D eigenvalue weighted by Gasteiger charge is 2.31. The van der Waals surface area contributed by atoms with Gasteiger partial charge in [-0.2, -0.15) is 0 Å². The summed E-state index contributed by atoms with van der Waals surface area (Å²) in [5.74, 6) is 2.13. The SMILES string of the molecule is Cc1nc(COCc2cnc3n2CCN(CC2CC2)[C@H]3C)cs1. The molecule has 124 valence electrons. The lowest BCUT2D eigenvalue weighted by Crippen LogP contribution is -2.38. The van der Waals surface area contributed by atoms with Crippen LogP contribution in [0, 0.1) is 12.8 Å². The highest BCUT2D eigenvalue weighted by atomic mass is 32.1. The zero-order chi connectivity index (χ0) is 15.8. The van der Waals surface area contributed by atoms with Crippen molar-refractivity contribution in [1.82, 2.24) is 19.4 Å². The van der Waals surface area contributed by atoms with E-state index in [0.29, 0.717) is 19.3 Å². The summed E-state index contributed by atoms with van der Waals surface area (Å²) in [5, 5.41) is 3.16. The minimum absolute atomic E-state index is 0.416. The van der Waals surface area contributed by atoms with Crippen molar-refractivity contribution in [3.05, 3.63) is 33.8 Å². The summed E-state index contributed by atoms with van der Waals surface area (Å²) in [7, 11) is 0. The molecule has 1 atom stereocenters. The fraction of sp³-hybridized carbons (Fsp3) is 0.647. The number of imidazole rings is 1. The highest BCUT2D eigenvalue weighted by molar-refractivity contribution is 7.09. The Labute approximate surface area is 141 Å². The maximum Gasteiger partial charge on any atom is 0.126 e. The number of hydrogen-bond acceptors (Lipinski definition) is 5. The first-order valence-electron chi connectivity index (χ1n) is 8.48. The molecule has 2 aromatic heterocycles. The standard InChI is InChI=1S/C17H24N4OS/c1-12-17-18-7-16(10-22-9-15-11-23-13(2)19-15)21(17)6-5-20(12)8-14-3-4-14/h7,11-12,14H,3-6,8-10H2,1-2H3/t12-/m0/s1. The Hall–Kier alpha value is -1.24. The molecule has 1 aliphatic heterocycles. The summed E-state index contributed by atoms with van der Waals surface area (Å²) in [6.45, 7) is 8.88. The third-order valence-corrected chi connectivity index (χ3v) is 5.68. The molecule has 0 unspecified atom stereocenters. The van der Waals surface area contributed by atoms with Crippen LogP contribution in [-0.4, -0.2) is 32.5 Å². The van der Waals surface area contributed by atoms with Crippen LogP contribution in [0.4, 0.5) is 0 Å². The molecule has 1 saturated carbocycles. The molecule has 4 rings (SSSR count). The number of rotatable bonds is 6. The first kappa shape index (κ1) is 15.3. The van der Waals surface area contributed by atoms with E-state index in [1.54, 1.807) is 11.3 Å². The molecular formula is C17H24N4OS. The Morgan fingerprint density at radius 3 is 2.91 bits per heavy atom. The number of nitrogens with zero attached hydrogens (tertiary/aromatic N) is 4. The van der Waals surface area contributed by atoms with Gasteiger partial charge in [0.25, 0.3) is 0 Å². The first-order valence-corrected chi connectivity index (χ1v) is 9.36. The molecule has 0 aromatic carbocycles. The van der Waals surface area contributed by atoms with E-state index >= 15 is 0 Å². The highest BCUT2D eigenvalue weighted by Crippen LogP contribution is 2.34. The van der Waals surface area contributed by atoms with Crippen molar-refractivity contribution in [2.24, 2.45) is 5.92 Å². The number of hydrogen-bond donors (Lipinski definition) is 0. The smallest absolute Gasteiger partial charge is 0.126 e. The lowest BCUT2D eigenvalue weighted by Gasteiger charge is -2.34. The quantitative estimate of drug-likeness (QED) is 0.815. The summed E-state index contributed by atoms with van der Waals surface area (Å²) in [5.41, 5.74) is 2.21. The van der Waals surface area contributed by atoms with Gasteiger partial charge in [0.15, 0.2) is 0 Å². The summed E-state index contributed by atoms with van der Waals surface area (Å²) in [6, 6.07) is 0.416. The van der Waals surface area contributed by atoms with Gasteiger partial charge in [0, 0.05) is 25.0 Å². The van der Waals surface area contributed by atoms with E-state index in [2.05, 4.69) is 31.7 Å². The molecule has 0 bridgehead atoms. The van der Waals surface area contributed by atoms with Gasteiger partial charge in [0.05, 0.1) is 41.8 Å². The molecule has 23 heavy (non-hydrogen) atoms. The second-order valence-electron chi connectivity index (χ2n) is 6.72. The van der Waals surface area contributed by atoms with Crippen molar-refractivity contribution in [2.45, 2.75) is 52.5 Å². The van der Waals surface area contributed by atoms with E-state index in [4.69, 9.17) is 4.74 Å². The van der Waals surface area contributed by atoms with Crippen LogP contribution in [0.5, 0.6) is 0 Å². The van der Waals surface area contributed by atoms with Crippen LogP contribution in [0.1, 0.15) is 48.0 Å². The van der Waals surface area contributed by atoms with Crippen molar-refractivity contribution >= 4 is 11.3 Å². The largest absolute Gasteiger partial charge is 0.369 e. The van der Waals surface area contributed by atoms with E-state index in [1.807, 2.05) is 13.1 Å². The van der Waals surface area contributed by atoms with Gasteiger partial charge >= 0.3 is 0 Å². The molecule has 3 heterocycles. The minimum atomic E-state index is 0.416. The maximum absolute atomic E-state index is 5.85. The van der Waals surface area contributed by atoms with Crippen molar-refractivity contribution in [1.29, 1.82) is 0 Å². The average Bonchev–Trinajstić information content (AvgIpc) is 3.11. The van der Waals surface area contributed by atoms with Crippen molar-refractivity contribution in [3.8, 4) is 0 Å². The zero-order valence-electron chi connectivity index (χ0n) is 13.9. The topological polar surface area (TPSA) is 43.2 Å². The Balaban J connectivity index is 1.37. The lowest BCUT2D eigenvalue weighted by atomic mass is 10.2. The predicted molar refractivity (Wildman–Crippen MR) is 90.3 cm³/mol. The van der Waals surface area contributed by atoms with Crippen LogP contribution in [0.3, 0.4) is 0 Å². The van der Waals surface area contributed by atoms with Gasteiger partial charge in [-0.3, -0.25) is 4.90 Å². The van der Waals surface area contributed by atoms with Crippen molar-refractivity contribution in [2.75, 3.05) is 13.1 Å². The number of ether oxygens (including phenoxy) is 1. The lowest BCUT2D eigenvalue weighted by molar-refractivity contribution is 0.0953. The van der Waals surface area contributed by atoms with Crippen LogP contribution >= 0.6 is 11.3 Å². The number of aromatic nitrogens is 3. The van der Waals surface area contributed by atoms with Gasteiger partial charge in [-0.1, -0.05) is 0 Å². The summed E-state index contributed by atoms with van der Waals surface area (Å²) in [4.78, 5) is 11.7. The third-order valence-electron chi connectivity index (χ3n) is 4.86. The summed E-state index contributed by atoms with van der Waals surface area (Å²) >= 11 is 1.67. The van der Waals surface area contributed by atoms with Crippen LogP contribution in [0.25, 0.3) is 0 Å². The maximum atomic E-state index is 5.85. The van der Waals surface area contributed by atoms with Crippen molar-refractivity contribution < 1.29 is 4.74 Å². The van der Waals surface area contributed by atoms with Crippen molar-refractivity contribution in [3.63, 3.8) is 0 Å². The Morgan fingerprint density at radius 2 is 2.17 bits per heavy atom. The number of fused-ring (bicyclic) bond motifs is 1. The second kappa shape index (κ2) is 6.34. The molecular weight excluding hydrogens is 308 g/mol. The normalized spacial score (nSPS) is 21.6. The predicted octanol–water partition coefficient (Wildman–Crippen LogP) is 3.15. The van der Waals surface area contributed by atoms with Gasteiger partial charge in [0.2, 0.25) is 0 Å². The third kappa shape index (κ3) is 3.34. The average molecular weight is 332 g/mol. The molecule has 0 amide bonds. The van der Waals surface area contributed by atoms with Crippen LogP contribution < -0.4 is 0 Å². The van der Waals surface area contributed by atoms with E-state index in [9.17, 15) is 0 Å². The fourth-order valence-electron chi connectivity index (χ4n) is 3.34. The molecule has 1 aliphatic carbocycles. The number of thiazole rings is 1. The van der Waals surface area contributed by atoms with Gasteiger partial charge < -0.3 is 9.30 Å². The molecule has 0 N–H and O–H groups in total. The fourth-order valence-corrected chi connectivity index (χ4v) is 3.93. The molecule has 0 saturated heterocycles. The van der Waals surface area contributed by atoms with E-state index in [-0.39, 0.29) is 0 Å². The number of aryl methyl sites for hydroxylation is 1. The second-order valence-corrected chi connectivity index (χ2v) is 7.79. The summed E-state index contributed by atoms with van der Waals surface area (Å²) < 4.78 is 8.20.